The molecule has 0 aliphatic rings. The van der Waals surface area contributed by atoms with Gasteiger partial charge in [-0.15, -0.1) is 5.10 Å². The molecule has 0 radical (unpaired) electrons. The van der Waals surface area contributed by atoms with Crippen LogP contribution in [0, 0.1) is 6.92 Å². The van der Waals surface area contributed by atoms with E-state index in [1.807, 2.05) is 0 Å². The summed E-state index contributed by atoms with van der Waals surface area (Å²) in [6.45, 7) is 3.55. The summed E-state index contributed by atoms with van der Waals surface area (Å²) in [5.41, 5.74) is 7.16. The van der Waals surface area contributed by atoms with Gasteiger partial charge in [0.25, 0.3) is 5.91 Å². The highest BCUT2D eigenvalue weighted by atomic mass is 35.5. The van der Waals surface area contributed by atoms with E-state index in [0.717, 1.165) is 0 Å². The number of H-pyrrole nitrogens is 1. The van der Waals surface area contributed by atoms with E-state index < -0.39 is 0 Å². The topological polar surface area (TPSA) is 114 Å². The fourth-order valence-electron chi connectivity index (χ4n) is 2.22. The number of pyridine rings is 1. The van der Waals surface area contributed by atoms with Gasteiger partial charge in [-0.05, 0) is 26.0 Å². The Balaban J connectivity index is 1.92. The minimum Gasteiger partial charge on any atom is -0.367 e. The molecule has 0 aromatic carbocycles. The third-order valence-electron chi connectivity index (χ3n) is 3.25. The predicted octanol–water partition coefficient (Wildman–Crippen LogP) is 1.49. The molecular weight excluding hydrogens is 306 g/mol. The lowest BCUT2D eigenvalue weighted by molar-refractivity contribution is 0.0931. The molecule has 0 fully saturated rings. The zero-order valence-corrected chi connectivity index (χ0v) is 12.7. The summed E-state index contributed by atoms with van der Waals surface area (Å²) < 4.78 is 1.66. The molecule has 1 amide bonds. The molecule has 114 valence electrons. The number of amides is 1. The normalized spacial score (nSPS) is 12.5. The van der Waals surface area contributed by atoms with Crippen LogP contribution in [-0.2, 0) is 0 Å². The quantitative estimate of drug-likeness (QED) is 0.676. The first kappa shape index (κ1) is 14.3. The molecule has 9 heteroatoms. The van der Waals surface area contributed by atoms with E-state index in [4.69, 9.17) is 17.3 Å². The summed E-state index contributed by atoms with van der Waals surface area (Å²) in [6, 6.07) is 3.11. The number of nitrogen functional groups attached to an aromatic ring is 1. The first-order valence-corrected chi connectivity index (χ1v) is 6.96. The number of rotatable bonds is 3. The minimum atomic E-state index is -0.374. The largest absolute Gasteiger partial charge is 0.367 e. The molecule has 0 spiro atoms. The third-order valence-corrected chi connectivity index (χ3v) is 3.47. The number of carbonyl (C=O) groups excluding carboxylic acids is 1. The lowest BCUT2D eigenvalue weighted by Crippen LogP contribution is -2.29. The standard InChI is InChI=1S/C13H14ClN7O/c1-6-10(21-5-8(14)3-4-9(21)16-6)12(22)17-7(2)11-18-13(15)20-19-11/h3-5,7H,1-2H3,(H,17,22)(H3,15,18,19,20)/t7-/m1/s1. The molecule has 0 bridgehead atoms. The van der Waals surface area contributed by atoms with Crippen molar-refractivity contribution in [1.82, 2.24) is 29.9 Å². The van der Waals surface area contributed by atoms with Gasteiger partial charge in [0.2, 0.25) is 5.95 Å². The molecule has 1 atom stereocenters. The Hall–Kier alpha value is -2.61. The Kier molecular flexibility index (Phi) is 3.45. The van der Waals surface area contributed by atoms with E-state index >= 15 is 0 Å². The number of aromatic amines is 1. The highest BCUT2D eigenvalue weighted by Crippen LogP contribution is 2.17. The average Bonchev–Trinajstić information content (AvgIpc) is 3.01. The first-order chi connectivity index (χ1) is 10.5. The van der Waals surface area contributed by atoms with Gasteiger partial charge in [-0.2, -0.15) is 4.98 Å². The number of anilines is 1. The van der Waals surface area contributed by atoms with E-state index in [2.05, 4.69) is 25.5 Å². The van der Waals surface area contributed by atoms with Gasteiger partial charge in [-0.25, -0.2) is 4.98 Å². The van der Waals surface area contributed by atoms with E-state index in [1.165, 1.54) is 0 Å². The van der Waals surface area contributed by atoms with Crippen LogP contribution >= 0.6 is 11.6 Å². The molecule has 0 aliphatic heterocycles. The molecule has 0 saturated carbocycles. The maximum atomic E-state index is 12.5. The summed E-state index contributed by atoms with van der Waals surface area (Å²) in [5.74, 6) is 0.332. The molecule has 4 N–H and O–H groups in total. The number of nitrogens with two attached hydrogens (primary N) is 1. The van der Waals surface area contributed by atoms with Gasteiger partial charge in [-0.1, -0.05) is 11.6 Å². The van der Waals surface area contributed by atoms with Crippen LogP contribution in [0.1, 0.15) is 35.0 Å². The van der Waals surface area contributed by atoms with E-state index in [1.54, 1.807) is 36.6 Å². The molecule has 3 aromatic rings. The Bertz CT molecular complexity index is 853. The van der Waals surface area contributed by atoms with Crippen molar-refractivity contribution in [2.75, 3.05) is 5.73 Å². The second-order valence-corrected chi connectivity index (χ2v) is 5.33. The second-order valence-electron chi connectivity index (χ2n) is 4.90. The number of nitrogens with zero attached hydrogens (tertiary/aromatic N) is 4. The van der Waals surface area contributed by atoms with E-state index in [0.29, 0.717) is 27.9 Å². The third kappa shape index (κ3) is 2.48. The van der Waals surface area contributed by atoms with Crippen LogP contribution < -0.4 is 11.1 Å². The van der Waals surface area contributed by atoms with E-state index in [9.17, 15) is 4.79 Å². The Morgan fingerprint density at radius 1 is 1.45 bits per heavy atom. The highest BCUT2D eigenvalue weighted by Gasteiger charge is 2.20. The highest BCUT2D eigenvalue weighted by molar-refractivity contribution is 6.30. The molecule has 3 rings (SSSR count). The minimum absolute atomic E-state index is 0.133. The van der Waals surface area contributed by atoms with Crippen molar-refractivity contribution in [3.63, 3.8) is 0 Å². The number of aryl methyl sites for hydroxylation is 1. The molecule has 3 aromatic heterocycles. The van der Waals surface area contributed by atoms with Crippen molar-refractivity contribution in [3.8, 4) is 0 Å². The van der Waals surface area contributed by atoms with Crippen molar-refractivity contribution in [2.45, 2.75) is 19.9 Å². The van der Waals surface area contributed by atoms with E-state index in [-0.39, 0.29) is 17.9 Å². The maximum Gasteiger partial charge on any atom is 0.270 e. The van der Waals surface area contributed by atoms with Gasteiger partial charge >= 0.3 is 0 Å². The van der Waals surface area contributed by atoms with Crippen LogP contribution in [0.25, 0.3) is 5.65 Å². The zero-order valence-electron chi connectivity index (χ0n) is 12.0. The zero-order chi connectivity index (χ0) is 15.9. The molecule has 0 saturated heterocycles. The Morgan fingerprint density at radius 2 is 2.23 bits per heavy atom. The van der Waals surface area contributed by atoms with Crippen molar-refractivity contribution in [1.29, 1.82) is 0 Å². The van der Waals surface area contributed by atoms with Crippen LogP contribution in [0.4, 0.5) is 5.95 Å². The lowest BCUT2D eigenvalue weighted by atomic mass is 10.2. The van der Waals surface area contributed by atoms with Crippen LogP contribution in [0.3, 0.4) is 0 Å². The number of imidazole rings is 1. The van der Waals surface area contributed by atoms with Gasteiger partial charge in [0.15, 0.2) is 0 Å². The number of carbonyl (C=O) groups is 1. The summed E-state index contributed by atoms with van der Waals surface area (Å²) in [6.07, 6.45) is 1.66. The van der Waals surface area contributed by atoms with Crippen LogP contribution in [0.5, 0.6) is 0 Å². The summed E-state index contributed by atoms with van der Waals surface area (Å²) in [7, 11) is 0. The number of nitrogens with one attached hydrogen (secondary N) is 2. The summed E-state index contributed by atoms with van der Waals surface area (Å²) in [5, 5.41) is 9.77. The van der Waals surface area contributed by atoms with Crippen molar-refractivity contribution < 1.29 is 4.79 Å². The first-order valence-electron chi connectivity index (χ1n) is 6.58. The second kappa shape index (κ2) is 5.30. The van der Waals surface area contributed by atoms with Gasteiger partial charge < -0.3 is 11.1 Å². The van der Waals surface area contributed by atoms with Crippen molar-refractivity contribution in [2.24, 2.45) is 0 Å². The lowest BCUT2D eigenvalue weighted by Gasteiger charge is -2.11. The number of hydrogen-bond donors (Lipinski definition) is 3. The van der Waals surface area contributed by atoms with Gasteiger partial charge in [0.05, 0.1) is 16.8 Å². The number of aromatic nitrogens is 5. The van der Waals surface area contributed by atoms with Crippen LogP contribution in [-0.4, -0.2) is 30.5 Å². The van der Waals surface area contributed by atoms with Crippen LogP contribution in [0.2, 0.25) is 5.02 Å². The smallest absolute Gasteiger partial charge is 0.270 e. The average molecular weight is 320 g/mol. The molecule has 0 unspecified atom stereocenters. The SMILES string of the molecule is Cc1nc2ccc(Cl)cn2c1C(=O)N[C@H](C)c1nc(N)n[nH]1. The Morgan fingerprint density at radius 3 is 2.91 bits per heavy atom. The van der Waals surface area contributed by atoms with Crippen molar-refractivity contribution >= 4 is 29.1 Å². The fraction of sp³-hybridized carbons (Fsp3) is 0.231. The fourth-order valence-corrected chi connectivity index (χ4v) is 2.39. The number of hydrogen-bond acceptors (Lipinski definition) is 5. The molecule has 3 heterocycles. The van der Waals surface area contributed by atoms with Crippen molar-refractivity contribution in [3.05, 3.63) is 40.6 Å². The van der Waals surface area contributed by atoms with Gasteiger partial charge in [-0.3, -0.25) is 14.3 Å². The van der Waals surface area contributed by atoms with Gasteiger partial charge in [0.1, 0.15) is 17.2 Å². The molecule has 8 nitrogen and oxygen atoms in total. The Labute approximate surface area is 130 Å². The summed E-state index contributed by atoms with van der Waals surface area (Å²) >= 11 is 5.99. The molecular formula is C13H14ClN7O. The molecule has 0 aliphatic carbocycles. The number of halogens is 1. The van der Waals surface area contributed by atoms with Gasteiger partial charge in [0, 0.05) is 6.20 Å². The maximum absolute atomic E-state index is 12.5. The number of fused-ring (bicyclic) bond motifs is 1. The molecule has 22 heavy (non-hydrogen) atoms. The predicted molar refractivity (Wildman–Crippen MR) is 81.6 cm³/mol. The summed E-state index contributed by atoms with van der Waals surface area (Å²) in [4.78, 5) is 20.9. The van der Waals surface area contributed by atoms with Crippen LogP contribution in [0.15, 0.2) is 18.3 Å². The monoisotopic (exact) mass is 319 g/mol.